The first-order valence-corrected chi connectivity index (χ1v) is 12.2. The van der Waals surface area contributed by atoms with Crippen LogP contribution in [0.1, 0.15) is 17.5 Å². The number of halogens is 2. The van der Waals surface area contributed by atoms with E-state index in [1.54, 1.807) is 12.1 Å². The summed E-state index contributed by atoms with van der Waals surface area (Å²) >= 11 is 13.5. The molecular formula is C18H22Cl2N4O3S2. The molecule has 3 rings (SSSR count). The number of hydrogen-bond acceptors (Lipinski definition) is 6. The molecule has 2 heterocycles. The highest BCUT2D eigenvalue weighted by molar-refractivity contribution is 7.89. The highest BCUT2D eigenvalue weighted by Gasteiger charge is 2.31. The topological polar surface area (TPSA) is 82.6 Å². The highest BCUT2D eigenvalue weighted by atomic mass is 35.5. The molecule has 1 saturated heterocycles. The summed E-state index contributed by atoms with van der Waals surface area (Å²) in [6, 6.07) is 4.56. The lowest BCUT2D eigenvalue weighted by atomic mass is 10.3. The van der Waals surface area contributed by atoms with Crippen LogP contribution in [0.4, 0.5) is 5.13 Å². The number of rotatable bonds is 6. The number of carbonyl (C=O) groups is 1. The van der Waals surface area contributed by atoms with E-state index in [1.807, 2.05) is 18.7 Å². The first-order valence-electron chi connectivity index (χ1n) is 9.15. The maximum atomic E-state index is 12.9. The fraction of sp³-hybridized carbons (Fsp3) is 0.444. The van der Waals surface area contributed by atoms with Crippen molar-refractivity contribution >= 4 is 55.6 Å². The van der Waals surface area contributed by atoms with Gasteiger partial charge in [0, 0.05) is 31.1 Å². The van der Waals surface area contributed by atoms with Gasteiger partial charge in [0.1, 0.15) is 4.90 Å². The summed E-state index contributed by atoms with van der Waals surface area (Å²) in [5, 5.41) is 3.66. The number of sulfonamides is 1. The van der Waals surface area contributed by atoms with Crippen LogP contribution in [-0.4, -0.2) is 61.2 Å². The smallest absolute Gasteiger partial charge is 0.244 e. The third-order valence-corrected chi connectivity index (χ3v) is 8.51. The molecule has 1 fully saturated rings. The zero-order valence-electron chi connectivity index (χ0n) is 16.1. The van der Waals surface area contributed by atoms with Crippen molar-refractivity contribution in [2.45, 2.75) is 25.2 Å². The average Bonchev–Trinajstić information content (AvgIpc) is 3.03. The van der Waals surface area contributed by atoms with Gasteiger partial charge in [0.2, 0.25) is 15.9 Å². The number of anilines is 1. The van der Waals surface area contributed by atoms with Gasteiger partial charge >= 0.3 is 0 Å². The molecule has 1 aromatic heterocycles. The van der Waals surface area contributed by atoms with Crippen molar-refractivity contribution in [1.82, 2.24) is 14.2 Å². The molecule has 0 atom stereocenters. The number of carbonyl (C=O) groups excluding carboxylic acids is 1. The lowest BCUT2D eigenvalue weighted by Crippen LogP contribution is -2.50. The van der Waals surface area contributed by atoms with Crippen LogP contribution < -0.4 is 5.32 Å². The van der Waals surface area contributed by atoms with E-state index in [0.29, 0.717) is 18.2 Å². The number of aromatic nitrogens is 1. The number of nitrogens with zero attached hydrogens (tertiary/aromatic N) is 3. The van der Waals surface area contributed by atoms with E-state index >= 15 is 0 Å². The van der Waals surface area contributed by atoms with Crippen molar-refractivity contribution < 1.29 is 13.2 Å². The normalized spacial score (nSPS) is 16.1. The van der Waals surface area contributed by atoms with Crippen molar-refractivity contribution in [3.63, 3.8) is 0 Å². The van der Waals surface area contributed by atoms with Gasteiger partial charge in [0.15, 0.2) is 5.13 Å². The minimum atomic E-state index is -3.74. The zero-order chi connectivity index (χ0) is 21.2. The summed E-state index contributed by atoms with van der Waals surface area (Å²) in [5.41, 5.74) is 0.990. The lowest BCUT2D eigenvalue weighted by Gasteiger charge is -2.33. The molecule has 1 aliphatic heterocycles. The Morgan fingerprint density at radius 3 is 2.55 bits per heavy atom. The van der Waals surface area contributed by atoms with Crippen molar-refractivity contribution in [2.24, 2.45) is 0 Å². The summed E-state index contributed by atoms with van der Waals surface area (Å²) in [6.45, 7) is 5.63. The maximum absolute atomic E-state index is 12.9. The van der Waals surface area contributed by atoms with E-state index < -0.39 is 10.0 Å². The number of thiazole rings is 1. The lowest BCUT2D eigenvalue weighted by molar-refractivity contribution is -0.117. The van der Waals surface area contributed by atoms with Crippen molar-refractivity contribution in [3.05, 3.63) is 38.8 Å². The Hall–Kier alpha value is -1.23. The number of piperazine rings is 1. The first-order chi connectivity index (χ1) is 13.7. The fourth-order valence-electron chi connectivity index (χ4n) is 3.12. The van der Waals surface area contributed by atoms with Crippen LogP contribution in [0.25, 0.3) is 0 Å². The quantitative estimate of drug-likeness (QED) is 0.691. The Morgan fingerprint density at radius 1 is 1.24 bits per heavy atom. The third-order valence-electron chi connectivity index (χ3n) is 4.71. The van der Waals surface area contributed by atoms with Gasteiger partial charge in [-0.05, 0) is 25.5 Å². The third kappa shape index (κ3) is 5.10. The number of aryl methyl sites for hydroxylation is 2. The monoisotopic (exact) mass is 476 g/mol. The molecule has 0 aliphatic carbocycles. The second-order valence-electron chi connectivity index (χ2n) is 6.66. The van der Waals surface area contributed by atoms with E-state index in [9.17, 15) is 13.2 Å². The molecule has 11 heteroatoms. The molecule has 2 aromatic rings. The number of nitrogens with one attached hydrogen (secondary N) is 1. The van der Waals surface area contributed by atoms with Crippen LogP contribution in [0.5, 0.6) is 0 Å². The molecule has 1 N–H and O–H groups in total. The molecule has 1 amide bonds. The molecule has 0 radical (unpaired) electrons. The second-order valence-corrected chi connectivity index (χ2v) is 10.6. The van der Waals surface area contributed by atoms with Gasteiger partial charge < -0.3 is 5.32 Å². The average molecular weight is 477 g/mol. The van der Waals surface area contributed by atoms with Gasteiger partial charge in [-0.15, -0.1) is 11.3 Å². The van der Waals surface area contributed by atoms with Gasteiger partial charge in [-0.1, -0.05) is 36.2 Å². The molecular weight excluding hydrogens is 455 g/mol. The summed E-state index contributed by atoms with van der Waals surface area (Å²) in [7, 11) is -3.74. The Morgan fingerprint density at radius 2 is 1.93 bits per heavy atom. The Kier molecular flexibility index (Phi) is 7.19. The summed E-state index contributed by atoms with van der Waals surface area (Å²) < 4.78 is 27.1. The molecule has 158 valence electrons. The summed E-state index contributed by atoms with van der Waals surface area (Å²) in [5.74, 6) is -0.157. The van der Waals surface area contributed by atoms with E-state index in [2.05, 4.69) is 10.3 Å². The van der Waals surface area contributed by atoms with Crippen molar-refractivity contribution in [1.29, 1.82) is 0 Å². The molecule has 0 bridgehead atoms. The maximum Gasteiger partial charge on any atom is 0.244 e. The van der Waals surface area contributed by atoms with E-state index in [4.69, 9.17) is 23.2 Å². The molecule has 0 unspecified atom stereocenters. The minimum absolute atomic E-state index is 0.00345. The van der Waals surface area contributed by atoms with E-state index in [-0.39, 0.29) is 40.5 Å². The Balaban J connectivity index is 1.57. The predicted molar refractivity (Wildman–Crippen MR) is 117 cm³/mol. The predicted octanol–water partition coefficient (Wildman–Crippen LogP) is 3.27. The number of amides is 1. The largest absolute Gasteiger partial charge is 0.301 e. The Labute approximate surface area is 184 Å². The number of benzene rings is 1. The highest BCUT2D eigenvalue weighted by Crippen LogP contribution is 2.31. The summed E-state index contributed by atoms with van der Waals surface area (Å²) in [4.78, 5) is 19.8. The van der Waals surface area contributed by atoms with Crippen LogP contribution in [0.15, 0.2) is 23.1 Å². The summed E-state index contributed by atoms with van der Waals surface area (Å²) in [6.07, 6.45) is 0.825. The van der Waals surface area contributed by atoms with Crippen molar-refractivity contribution in [3.8, 4) is 0 Å². The molecule has 1 aliphatic rings. The van der Waals surface area contributed by atoms with E-state index in [0.717, 1.165) is 17.0 Å². The zero-order valence-corrected chi connectivity index (χ0v) is 19.3. The molecule has 1 aromatic carbocycles. The van der Waals surface area contributed by atoms with Gasteiger partial charge in [-0.3, -0.25) is 9.69 Å². The van der Waals surface area contributed by atoms with Crippen LogP contribution in [-0.2, 0) is 21.2 Å². The fourth-order valence-corrected chi connectivity index (χ4v) is 6.20. The van der Waals surface area contributed by atoms with Gasteiger partial charge in [0.25, 0.3) is 0 Å². The van der Waals surface area contributed by atoms with Crippen LogP contribution in [0, 0.1) is 6.92 Å². The molecule has 29 heavy (non-hydrogen) atoms. The minimum Gasteiger partial charge on any atom is -0.301 e. The Bertz CT molecular complexity index is 1000. The number of hydrogen-bond donors (Lipinski definition) is 1. The van der Waals surface area contributed by atoms with Crippen molar-refractivity contribution in [2.75, 3.05) is 38.0 Å². The van der Waals surface area contributed by atoms with Crippen LogP contribution >= 0.6 is 34.5 Å². The standard InChI is InChI=1S/C18H22Cl2N4O3S2/c1-3-14-12(2)28-18(21-14)22-16(25)11-23-7-9-24(10-8-23)29(26,27)15-6-4-5-13(19)17(15)20/h4-6H,3,7-11H2,1-2H3,(H,21,22,25). The van der Waals surface area contributed by atoms with Gasteiger partial charge in [-0.2, -0.15) is 4.31 Å². The van der Waals surface area contributed by atoms with Crippen LogP contribution in [0.3, 0.4) is 0 Å². The SMILES string of the molecule is CCc1nc(NC(=O)CN2CCN(S(=O)(=O)c3cccc(Cl)c3Cl)CC2)sc1C. The molecule has 0 spiro atoms. The van der Waals surface area contributed by atoms with Crippen LogP contribution in [0.2, 0.25) is 10.0 Å². The van der Waals surface area contributed by atoms with Gasteiger partial charge in [-0.25, -0.2) is 13.4 Å². The second kappa shape index (κ2) is 9.28. The molecule has 7 nitrogen and oxygen atoms in total. The molecule has 0 saturated carbocycles. The van der Waals surface area contributed by atoms with E-state index in [1.165, 1.54) is 21.7 Å². The van der Waals surface area contributed by atoms with Gasteiger partial charge in [0.05, 0.1) is 22.3 Å². The first kappa shape index (κ1) is 22.5.